The van der Waals surface area contributed by atoms with Gasteiger partial charge in [-0.05, 0) is 36.4 Å². The minimum atomic E-state index is -0.186. The van der Waals surface area contributed by atoms with Crippen molar-refractivity contribution >= 4 is 49.9 Å². The number of aromatic nitrogens is 2. The third-order valence-electron chi connectivity index (χ3n) is 4.47. The van der Waals surface area contributed by atoms with E-state index in [4.69, 9.17) is 4.74 Å². The monoisotopic (exact) mass is 453 g/mol. The molecule has 148 valence electrons. The van der Waals surface area contributed by atoms with Crippen LogP contribution in [-0.4, -0.2) is 47.1 Å². The zero-order chi connectivity index (χ0) is 20.1. The van der Waals surface area contributed by atoms with E-state index in [0.717, 1.165) is 34.2 Å². The molecule has 2 aromatic carbocycles. The van der Waals surface area contributed by atoms with Gasteiger partial charge >= 0.3 is 0 Å². The van der Waals surface area contributed by atoms with Crippen LogP contribution in [0.4, 0.5) is 17.2 Å². The van der Waals surface area contributed by atoms with Crippen LogP contribution in [0.5, 0.6) is 0 Å². The van der Waals surface area contributed by atoms with Gasteiger partial charge in [0.1, 0.15) is 12.1 Å². The highest BCUT2D eigenvalue weighted by molar-refractivity contribution is 9.10. The molecule has 1 aliphatic heterocycles. The minimum Gasteiger partial charge on any atom is -0.378 e. The second-order valence-electron chi connectivity index (χ2n) is 6.54. The quantitative estimate of drug-likeness (QED) is 0.569. The largest absolute Gasteiger partial charge is 0.378 e. The molecule has 0 aliphatic carbocycles. The van der Waals surface area contributed by atoms with E-state index >= 15 is 0 Å². The van der Waals surface area contributed by atoms with Crippen LogP contribution in [0.3, 0.4) is 0 Å². The fraction of sp³-hybridized carbons (Fsp3) is 0.190. The molecule has 2 N–H and O–H groups in total. The number of nitrogens with one attached hydrogen (secondary N) is 2. The molecule has 8 heteroatoms. The van der Waals surface area contributed by atoms with E-state index in [1.54, 1.807) is 0 Å². The number of ether oxygens (including phenoxy) is 1. The summed E-state index contributed by atoms with van der Waals surface area (Å²) in [6.45, 7) is 2.96. The fourth-order valence-corrected chi connectivity index (χ4v) is 3.42. The van der Waals surface area contributed by atoms with Crippen LogP contribution in [0.25, 0.3) is 10.9 Å². The van der Waals surface area contributed by atoms with Crippen molar-refractivity contribution in [2.24, 2.45) is 0 Å². The summed E-state index contributed by atoms with van der Waals surface area (Å²) >= 11 is 3.47. The van der Waals surface area contributed by atoms with Crippen molar-refractivity contribution in [1.82, 2.24) is 14.9 Å². The highest BCUT2D eigenvalue weighted by atomic mass is 79.9. The van der Waals surface area contributed by atoms with E-state index < -0.39 is 0 Å². The average Bonchev–Trinajstić information content (AvgIpc) is 2.73. The summed E-state index contributed by atoms with van der Waals surface area (Å²) in [6.07, 6.45) is 4.87. The Kier molecular flexibility index (Phi) is 6.02. The van der Waals surface area contributed by atoms with Crippen LogP contribution < -0.4 is 10.6 Å². The number of nitrogens with zero attached hydrogens (tertiary/aromatic N) is 3. The summed E-state index contributed by atoms with van der Waals surface area (Å²) in [4.78, 5) is 23.0. The van der Waals surface area contributed by atoms with Crippen molar-refractivity contribution in [3.05, 3.63) is 65.5 Å². The molecular formula is C21H20BrN5O2. The number of halogens is 1. The normalized spacial score (nSPS) is 14.3. The first-order chi connectivity index (χ1) is 14.2. The summed E-state index contributed by atoms with van der Waals surface area (Å²) in [5.41, 5.74) is 2.38. The van der Waals surface area contributed by atoms with Crippen molar-refractivity contribution in [3.8, 4) is 0 Å². The summed E-state index contributed by atoms with van der Waals surface area (Å²) in [6, 6.07) is 13.4. The van der Waals surface area contributed by atoms with Crippen molar-refractivity contribution in [1.29, 1.82) is 0 Å². The lowest BCUT2D eigenvalue weighted by Gasteiger charge is -2.24. The highest BCUT2D eigenvalue weighted by Gasteiger charge is 2.08. The van der Waals surface area contributed by atoms with E-state index in [-0.39, 0.29) is 5.91 Å². The number of hydrogen-bond acceptors (Lipinski definition) is 6. The van der Waals surface area contributed by atoms with Crippen LogP contribution in [-0.2, 0) is 9.53 Å². The Morgan fingerprint density at radius 3 is 2.79 bits per heavy atom. The van der Waals surface area contributed by atoms with Crippen LogP contribution in [0.1, 0.15) is 0 Å². The highest BCUT2D eigenvalue weighted by Crippen LogP contribution is 2.26. The number of hydrogen-bond donors (Lipinski definition) is 2. The molecule has 2 heterocycles. The van der Waals surface area contributed by atoms with Crippen LogP contribution in [0.15, 0.2) is 65.5 Å². The van der Waals surface area contributed by atoms with Crippen LogP contribution in [0, 0.1) is 0 Å². The third-order valence-corrected chi connectivity index (χ3v) is 4.97. The third kappa shape index (κ3) is 5.10. The number of amides is 1. The number of morpholine rings is 1. The lowest BCUT2D eigenvalue weighted by molar-refractivity contribution is -0.112. The minimum absolute atomic E-state index is 0.186. The summed E-state index contributed by atoms with van der Waals surface area (Å²) in [5.74, 6) is 0.488. The van der Waals surface area contributed by atoms with Gasteiger partial charge in [-0.25, -0.2) is 9.97 Å². The Hall–Kier alpha value is -2.97. The van der Waals surface area contributed by atoms with Gasteiger partial charge in [0.05, 0.1) is 18.7 Å². The van der Waals surface area contributed by atoms with Crippen molar-refractivity contribution in [2.45, 2.75) is 0 Å². The van der Waals surface area contributed by atoms with Crippen molar-refractivity contribution in [3.63, 3.8) is 0 Å². The van der Waals surface area contributed by atoms with Gasteiger partial charge in [-0.2, -0.15) is 0 Å². The second kappa shape index (κ2) is 9.02. The van der Waals surface area contributed by atoms with Crippen molar-refractivity contribution in [2.75, 3.05) is 36.9 Å². The zero-order valence-corrected chi connectivity index (χ0v) is 17.2. The van der Waals surface area contributed by atoms with Gasteiger partial charge in [0, 0.05) is 46.6 Å². The average molecular weight is 454 g/mol. The van der Waals surface area contributed by atoms with Gasteiger partial charge in [0.15, 0.2) is 0 Å². The Bertz CT molecular complexity index is 1050. The van der Waals surface area contributed by atoms with Crippen molar-refractivity contribution < 1.29 is 9.53 Å². The molecule has 0 atom stereocenters. The molecule has 1 saturated heterocycles. The Morgan fingerprint density at radius 1 is 1.10 bits per heavy atom. The molecule has 4 rings (SSSR count). The number of rotatable bonds is 5. The van der Waals surface area contributed by atoms with E-state index in [9.17, 15) is 4.79 Å². The molecule has 1 aromatic heterocycles. The van der Waals surface area contributed by atoms with E-state index in [0.29, 0.717) is 24.7 Å². The maximum Gasteiger partial charge on any atom is 0.249 e. The molecule has 0 unspecified atom stereocenters. The lowest BCUT2D eigenvalue weighted by atomic mass is 10.2. The molecule has 1 amide bonds. The predicted octanol–water partition coefficient (Wildman–Crippen LogP) is 3.92. The molecule has 0 saturated carbocycles. The zero-order valence-electron chi connectivity index (χ0n) is 15.6. The number of benzene rings is 2. The maximum absolute atomic E-state index is 12.3. The van der Waals surface area contributed by atoms with Gasteiger partial charge in [-0.3, -0.25) is 4.79 Å². The van der Waals surface area contributed by atoms with E-state index in [2.05, 4.69) is 41.4 Å². The molecule has 0 spiro atoms. The Morgan fingerprint density at radius 2 is 1.97 bits per heavy atom. The number of carbonyl (C=O) groups excluding carboxylic acids is 1. The molecule has 29 heavy (non-hydrogen) atoms. The lowest BCUT2D eigenvalue weighted by Crippen LogP contribution is -2.32. The Balaban J connectivity index is 1.52. The van der Waals surface area contributed by atoms with Crippen LogP contribution in [0.2, 0.25) is 0 Å². The van der Waals surface area contributed by atoms with Gasteiger partial charge < -0.3 is 20.3 Å². The summed E-state index contributed by atoms with van der Waals surface area (Å²) in [5, 5.41) is 7.03. The van der Waals surface area contributed by atoms with Gasteiger partial charge in [-0.1, -0.05) is 22.0 Å². The summed E-state index contributed by atoms with van der Waals surface area (Å²) in [7, 11) is 0. The van der Waals surface area contributed by atoms with E-state index in [1.165, 1.54) is 12.4 Å². The van der Waals surface area contributed by atoms with Gasteiger partial charge in [0.25, 0.3) is 0 Å². The molecule has 1 fully saturated rings. The molecule has 0 radical (unpaired) electrons. The van der Waals surface area contributed by atoms with Crippen LogP contribution >= 0.6 is 15.9 Å². The molecule has 7 nitrogen and oxygen atoms in total. The first kappa shape index (κ1) is 19.4. The topological polar surface area (TPSA) is 79.4 Å². The molecule has 1 aliphatic rings. The van der Waals surface area contributed by atoms with Gasteiger partial charge in [0.2, 0.25) is 5.91 Å². The summed E-state index contributed by atoms with van der Waals surface area (Å²) < 4.78 is 6.28. The van der Waals surface area contributed by atoms with Gasteiger partial charge in [-0.15, -0.1) is 0 Å². The van der Waals surface area contributed by atoms with E-state index in [1.807, 2.05) is 48.7 Å². The number of fused-ring (bicyclic) bond motifs is 1. The molecule has 3 aromatic rings. The Labute approximate surface area is 176 Å². The fourth-order valence-electron chi connectivity index (χ4n) is 3.02. The maximum atomic E-state index is 12.3. The molecule has 0 bridgehead atoms. The predicted molar refractivity (Wildman–Crippen MR) is 117 cm³/mol. The number of carbonyl (C=O) groups is 1. The standard InChI is InChI=1S/C21H20BrN5O2/c22-15-2-1-3-16(12-15)26-21-18-13-17(4-5-19(18)23-14-24-21)25-20(28)6-7-27-8-10-29-11-9-27/h1-7,12-14H,8-11H2,(H,25,28)(H,23,24,26). The first-order valence-electron chi connectivity index (χ1n) is 9.26. The smallest absolute Gasteiger partial charge is 0.249 e. The first-order valence-corrected chi connectivity index (χ1v) is 10.0. The number of anilines is 3. The second-order valence-corrected chi connectivity index (χ2v) is 7.46. The molecular weight excluding hydrogens is 434 g/mol. The SMILES string of the molecule is O=C(C=CN1CCOCC1)Nc1ccc2ncnc(Nc3cccc(Br)c3)c2c1.